The van der Waals surface area contributed by atoms with E-state index in [9.17, 15) is 0 Å². The fourth-order valence-corrected chi connectivity index (χ4v) is 3.99. The number of hydrogen-bond acceptors (Lipinski definition) is 2. The second-order valence-corrected chi connectivity index (χ2v) is 7.09. The van der Waals surface area contributed by atoms with Crippen molar-refractivity contribution in [3.05, 3.63) is 83.4 Å². The van der Waals surface area contributed by atoms with Crippen molar-refractivity contribution in [1.82, 2.24) is 10.3 Å². The molecule has 0 aliphatic carbocycles. The van der Waals surface area contributed by atoms with Crippen molar-refractivity contribution < 1.29 is 0 Å². The molecular weight excluding hydrogens is 312 g/mol. The topological polar surface area (TPSA) is 27.8 Å². The van der Waals surface area contributed by atoms with Gasteiger partial charge in [-0.3, -0.25) is 0 Å². The zero-order valence-corrected chi connectivity index (χ0v) is 14.3. The summed E-state index contributed by atoms with van der Waals surface area (Å²) in [6.07, 6.45) is 3.17. The van der Waals surface area contributed by atoms with E-state index in [1.165, 1.54) is 31.8 Å². The van der Waals surface area contributed by atoms with Crippen LogP contribution in [0.1, 0.15) is 10.4 Å². The van der Waals surface area contributed by atoms with Crippen LogP contribution in [-0.4, -0.2) is 11.5 Å². The lowest BCUT2D eigenvalue weighted by Gasteiger charge is -2.03. The summed E-state index contributed by atoms with van der Waals surface area (Å²) in [6.45, 7) is 1.92. The van der Waals surface area contributed by atoms with Gasteiger partial charge in [-0.25, -0.2) is 0 Å². The van der Waals surface area contributed by atoms with Crippen molar-refractivity contribution in [2.24, 2.45) is 0 Å². The fraction of sp³-hybridized carbons (Fsp3) is 0.143. The first-order valence-corrected chi connectivity index (χ1v) is 9.12. The molecule has 0 saturated carbocycles. The van der Waals surface area contributed by atoms with E-state index in [1.807, 2.05) is 11.3 Å². The number of thiophene rings is 1. The summed E-state index contributed by atoms with van der Waals surface area (Å²) in [6, 6.07) is 23.5. The molecule has 0 aliphatic rings. The number of hydrogen-bond donors (Lipinski definition) is 2. The lowest BCUT2D eigenvalue weighted by molar-refractivity contribution is 0.695. The Morgan fingerprint density at radius 2 is 1.71 bits per heavy atom. The number of nitrogens with one attached hydrogen (secondary N) is 2. The highest BCUT2D eigenvalue weighted by Gasteiger charge is 2.04. The van der Waals surface area contributed by atoms with Crippen molar-refractivity contribution in [3.63, 3.8) is 0 Å². The minimum Gasteiger partial charge on any atom is -0.361 e. The maximum atomic E-state index is 3.57. The van der Waals surface area contributed by atoms with Crippen LogP contribution < -0.4 is 5.32 Å². The number of rotatable bonds is 6. The van der Waals surface area contributed by atoms with Gasteiger partial charge < -0.3 is 10.3 Å². The van der Waals surface area contributed by atoms with Crippen LogP contribution in [0.5, 0.6) is 0 Å². The molecule has 120 valence electrons. The van der Waals surface area contributed by atoms with Crippen molar-refractivity contribution in [2.45, 2.75) is 13.0 Å². The molecule has 2 aromatic carbocycles. The number of aromatic amines is 1. The Morgan fingerprint density at radius 3 is 2.62 bits per heavy atom. The maximum absolute atomic E-state index is 3.57. The predicted molar refractivity (Wildman–Crippen MR) is 103 cm³/mol. The first kappa shape index (κ1) is 15.2. The lowest BCUT2D eigenvalue weighted by atomic mass is 10.1. The van der Waals surface area contributed by atoms with Gasteiger partial charge in [-0.15, -0.1) is 11.3 Å². The summed E-state index contributed by atoms with van der Waals surface area (Å²) >= 11 is 1.87. The normalized spacial score (nSPS) is 11.2. The molecule has 2 nitrogen and oxygen atoms in total. The van der Waals surface area contributed by atoms with Crippen molar-refractivity contribution in [2.75, 3.05) is 6.54 Å². The second kappa shape index (κ2) is 7.04. The number of benzene rings is 2. The average Bonchev–Trinajstić information content (AvgIpc) is 3.27. The Kier molecular flexibility index (Phi) is 4.45. The van der Waals surface area contributed by atoms with E-state index < -0.39 is 0 Å². The molecule has 2 heterocycles. The first-order chi connectivity index (χ1) is 11.9. The van der Waals surface area contributed by atoms with Crippen LogP contribution in [0, 0.1) is 0 Å². The zero-order valence-electron chi connectivity index (χ0n) is 13.5. The smallest absolute Gasteiger partial charge is 0.0456 e. The number of H-pyrrole nitrogens is 1. The molecule has 0 amide bonds. The van der Waals surface area contributed by atoms with Crippen LogP contribution in [0.15, 0.2) is 72.9 Å². The monoisotopic (exact) mass is 332 g/mol. The quantitative estimate of drug-likeness (QED) is 0.465. The van der Waals surface area contributed by atoms with Gasteiger partial charge in [0.25, 0.3) is 0 Å². The lowest BCUT2D eigenvalue weighted by Crippen LogP contribution is -2.15. The van der Waals surface area contributed by atoms with E-state index in [2.05, 4.69) is 83.2 Å². The maximum Gasteiger partial charge on any atom is 0.0456 e. The summed E-state index contributed by atoms with van der Waals surface area (Å²) in [5.41, 5.74) is 3.90. The Morgan fingerprint density at radius 1 is 0.875 bits per heavy atom. The largest absolute Gasteiger partial charge is 0.361 e. The molecule has 0 spiro atoms. The Bertz CT molecular complexity index is 921. The average molecular weight is 332 g/mol. The molecule has 3 heteroatoms. The Labute approximate surface area is 146 Å². The molecule has 0 saturated heterocycles. The Hall–Kier alpha value is -2.36. The number of para-hydroxylation sites is 1. The molecule has 0 radical (unpaired) electrons. The molecule has 0 aliphatic heterocycles. The predicted octanol–water partition coefficient (Wildman–Crippen LogP) is 5.23. The highest BCUT2D eigenvalue weighted by molar-refractivity contribution is 7.15. The molecule has 0 bridgehead atoms. The molecule has 24 heavy (non-hydrogen) atoms. The van der Waals surface area contributed by atoms with Gasteiger partial charge in [-0.05, 0) is 42.3 Å². The number of fused-ring (bicyclic) bond motifs is 1. The number of aromatic nitrogens is 1. The summed E-state index contributed by atoms with van der Waals surface area (Å²) in [5.74, 6) is 0. The third-order valence-electron chi connectivity index (χ3n) is 4.27. The molecule has 2 N–H and O–H groups in total. The van der Waals surface area contributed by atoms with E-state index in [0.717, 1.165) is 19.5 Å². The summed E-state index contributed by atoms with van der Waals surface area (Å²) in [7, 11) is 0. The molecular formula is C21H20N2S. The van der Waals surface area contributed by atoms with Gasteiger partial charge in [0.05, 0.1) is 0 Å². The van der Waals surface area contributed by atoms with Crippen LogP contribution in [0.4, 0.5) is 0 Å². The highest BCUT2D eigenvalue weighted by Crippen LogP contribution is 2.27. The van der Waals surface area contributed by atoms with Gasteiger partial charge in [0.15, 0.2) is 0 Å². The van der Waals surface area contributed by atoms with E-state index >= 15 is 0 Å². The highest BCUT2D eigenvalue weighted by atomic mass is 32.1. The van der Waals surface area contributed by atoms with Gasteiger partial charge in [-0.1, -0.05) is 48.5 Å². The summed E-state index contributed by atoms with van der Waals surface area (Å²) in [5, 5.41) is 4.90. The van der Waals surface area contributed by atoms with Crippen molar-refractivity contribution in [1.29, 1.82) is 0 Å². The first-order valence-electron chi connectivity index (χ1n) is 8.30. The van der Waals surface area contributed by atoms with Crippen LogP contribution in [-0.2, 0) is 13.0 Å². The Balaban J connectivity index is 1.32. The van der Waals surface area contributed by atoms with Crippen LogP contribution >= 0.6 is 11.3 Å². The molecule has 0 atom stereocenters. The van der Waals surface area contributed by atoms with Gasteiger partial charge in [0, 0.05) is 33.4 Å². The minimum atomic E-state index is 0.930. The van der Waals surface area contributed by atoms with E-state index in [1.54, 1.807) is 0 Å². The van der Waals surface area contributed by atoms with E-state index in [-0.39, 0.29) is 0 Å². The molecule has 4 rings (SSSR count). The van der Waals surface area contributed by atoms with Gasteiger partial charge in [0.2, 0.25) is 0 Å². The van der Waals surface area contributed by atoms with Crippen LogP contribution in [0.25, 0.3) is 21.3 Å². The van der Waals surface area contributed by atoms with Gasteiger partial charge in [-0.2, -0.15) is 0 Å². The second-order valence-electron chi connectivity index (χ2n) is 5.92. The van der Waals surface area contributed by atoms with E-state index in [4.69, 9.17) is 0 Å². The molecule has 0 fully saturated rings. The summed E-state index contributed by atoms with van der Waals surface area (Å²) in [4.78, 5) is 6.06. The SMILES string of the molecule is c1ccc(-c2ccc(CNCCc3c[nH]c4ccccc34)s2)cc1. The van der Waals surface area contributed by atoms with Crippen LogP contribution in [0.2, 0.25) is 0 Å². The van der Waals surface area contributed by atoms with Crippen molar-refractivity contribution in [3.8, 4) is 10.4 Å². The fourth-order valence-electron chi connectivity index (χ4n) is 3.00. The molecule has 4 aromatic rings. The van der Waals surface area contributed by atoms with Crippen molar-refractivity contribution >= 4 is 22.2 Å². The summed E-state index contributed by atoms with van der Waals surface area (Å²) < 4.78 is 0. The van der Waals surface area contributed by atoms with Crippen LogP contribution in [0.3, 0.4) is 0 Å². The standard InChI is InChI=1S/C21H20N2S/c1-2-6-16(7-3-1)21-11-10-18(24-21)15-22-13-12-17-14-23-20-9-5-4-8-19(17)20/h1-11,14,22-23H,12-13,15H2. The van der Waals surface area contributed by atoms with E-state index in [0.29, 0.717) is 0 Å². The molecule has 0 unspecified atom stereocenters. The third-order valence-corrected chi connectivity index (χ3v) is 5.40. The van der Waals surface area contributed by atoms with Gasteiger partial charge in [0.1, 0.15) is 0 Å². The minimum absolute atomic E-state index is 0.930. The zero-order chi connectivity index (χ0) is 16.2. The van der Waals surface area contributed by atoms with Gasteiger partial charge >= 0.3 is 0 Å². The molecule has 2 aromatic heterocycles. The third kappa shape index (κ3) is 3.28.